The summed E-state index contributed by atoms with van der Waals surface area (Å²) in [5.74, 6) is 1.02. The molecule has 28 heavy (non-hydrogen) atoms. The van der Waals surface area contributed by atoms with Crippen LogP contribution in [-0.4, -0.2) is 20.2 Å². The van der Waals surface area contributed by atoms with Crippen LogP contribution in [-0.2, 0) is 12.8 Å². The lowest BCUT2D eigenvalue weighted by molar-refractivity contribution is 0.475. The zero-order valence-electron chi connectivity index (χ0n) is 14.9. The van der Waals surface area contributed by atoms with Crippen LogP contribution in [0.1, 0.15) is 10.4 Å². The van der Waals surface area contributed by atoms with Crippen molar-refractivity contribution < 1.29 is 10.2 Å². The predicted molar refractivity (Wildman–Crippen MR) is 111 cm³/mol. The second-order valence-corrected chi connectivity index (χ2v) is 7.87. The molecule has 5 rings (SSSR count). The van der Waals surface area contributed by atoms with Crippen LogP contribution >= 0.6 is 11.3 Å². The molecule has 2 aromatic carbocycles. The molecule has 0 amide bonds. The van der Waals surface area contributed by atoms with E-state index in [1.54, 1.807) is 47.7 Å². The minimum absolute atomic E-state index is 0.222. The van der Waals surface area contributed by atoms with Crippen LogP contribution in [0.2, 0.25) is 0 Å². The summed E-state index contributed by atoms with van der Waals surface area (Å²) in [4.78, 5) is 11.6. The molecule has 0 saturated heterocycles. The fourth-order valence-corrected chi connectivity index (χ4v) is 4.58. The van der Waals surface area contributed by atoms with Crippen molar-refractivity contribution in [1.82, 2.24) is 9.97 Å². The van der Waals surface area contributed by atoms with E-state index in [-0.39, 0.29) is 11.5 Å². The molecule has 1 aliphatic rings. The lowest BCUT2D eigenvalue weighted by Gasteiger charge is -2.16. The molecule has 0 fully saturated rings. The highest BCUT2D eigenvalue weighted by atomic mass is 32.1. The monoisotopic (exact) mass is 387 g/mol. The van der Waals surface area contributed by atoms with Crippen molar-refractivity contribution in [3.05, 3.63) is 71.2 Å². The maximum atomic E-state index is 9.79. The smallest absolute Gasteiger partial charge is 0.227 e. The zero-order chi connectivity index (χ0) is 19.1. The van der Waals surface area contributed by atoms with Crippen LogP contribution < -0.4 is 5.32 Å². The molecule has 0 unspecified atom stereocenters. The van der Waals surface area contributed by atoms with Crippen molar-refractivity contribution in [2.24, 2.45) is 0 Å². The summed E-state index contributed by atoms with van der Waals surface area (Å²) in [6.45, 7) is 0. The number of hydrogen-bond donors (Lipinski definition) is 3. The molecule has 0 radical (unpaired) electrons. The van der Waals surface area contributed by atoms with E-state index in [9.17, 15) is 10.2 Å². The van der Waals surface area contributed by atoms with Gasteiger partial charge in [0.15, 0.2) is 0 Å². The number of thiophene rings is 1. The van der Waals surface area contributed by atoms with Crippen LogP contribution in [0.25, 0.3) is 21.7 Å². The minimum atomic E-state index is 0.222. The lowest BCUT2D eigenvalue weighted by atomic mass is 9.96. The maximum absolute atomic E-state index is 9.79. The second kappa shape index (κ2) is 6.65. The van der Waals surface area contributed by atoms with Gasteiger partial charge in [0.2, 0.25) is 5.95 Å². The zero-order valence-corrected chi connectivity index (χ0v) is 15.7. The maximum Gasteiger partial charge on any atom is 0.227 e. The molecule has 2 aromatic heterocycles. The summed E-state index contributed by atoms with van der Waals surface area (Å²) in [5, 5.41) is 22.4. The fraction of sp³-hybridized carbons (Fsp3) is 0.0909. The van der Waals surface area contributed by atoms with Crippen molar-refractivity contribution in [2.75, 3.05) is 5.32 Å². The van der Waals surface area contributed by atoms with Crippen LogP contribution in [0, 0.1) is 0 Å². The van der Waals surface area contributed by atoms with Gasteiger partial charge in [-0.05, 0) is 66.4 Å². The van der Waals surface area contributed by atoms with Gasteiger partial charge in [-0.25, -0.2) is 9.97 Å². The highest BCUT2D eigenvalue weighted by molar-refractivity contribution is 7.16. The lowest BCUT2D eigenvalue weighted by Crippen LogP contribution is -2.06. The van der Waals surface area contributed by atoms with Crippen molar-refractivity contribution in [3.8, 4) is 33.2 Å². The molecule has 0 atom stereocenters. The summed E-state index contributed by atoms with van der Waals surface area (Å²) < 4.78 is 0. The molecule has 4 aromatic rings. The first-order chi connectivity index (χ1) is 13.7. The number of fused-ring (bicyclic) bond motifs is 3. The SMILES string of the molecule is Oc1ccc(Nc2ncc3c(n2)-c2cc(-c4cccc(O)c4)sc2CC3)cc1. The molecule has 138 valence electrons. The third kappa shape index (κ3) is 3.08. The molecule has 0 spiro atoms. The van der Waals surface area contributed by atoms with Gasteiger partial charge >= 0.3 is 0 Å². The Morgan fingerprint density at radius 2 is 1.79 bits per heavy atom. The third-order valence-electron chi connectivity index (χ3n) is 4.80. The van der Waals surface area contributed by atoms with Crippen LogP contribution in [0.15, 0.2) is 60.8 Å². The summed E-state index contributed by atoms with van der Waals surface area (Å²) >= 11 is 1.75. The number of nitrogens with one attached hydrogen (secondary N) is 1. The highest BCUT2D eigenvalue weighted by Crippen LogP contribution is 2.42. The summed E-state index contributed by atoms with van der Waals surface area (Å²) in [6.07, 6.45) is 3.78. The van der Waals surface area contributed by atoms with E-state index in [2.05, 4.69) is 16.4 Å². The predicted octanol–water partition coefficient (Wildman–Crippen LogP) is 5.13. The Balaban J connectivity index is 1.52. The molecule has 2 heterocycles. The molecule has 0 bridgehead atoms. The van der Waals surface area contributed by atoms with Gasteiger partial charge in [0.25, 0.3) is 0 Å². The van der Waals surface area contributed by atoms with Gasteiger partial charge in [0.1, 0.15) is 11.5 Å². The number of benzene rings is 2. The van der Waals surface area contributed by atoms with Crippen molar-refractivity contribution >= 4 is 23.0 Å². The molecular formula is C22H17N3O2S. The number of anilines is 2. The molecule has 3 N–H and O–H groups in total. The Morgan fingerprint density at radius 1 is 0.929 bits per heavy atom. The number of aromatic nitrogens is 2. The van der Waals surface area contributed by atoms with Crippen LogP contribution in [0.5, 0.6) is 11.5 Å². The number of phenolic OH excluding ortho intramolecular Hbond substituents is 2. The number of hydrogen-bond acceptors (Lipinski definition) is 6. The highest BCUT2D eigenvalue weighted by Gasteiger charge is 2.22. The summed E-state index contributed by atoms with van der Waals surface area (Å²) in [7, 11) is 0. The number of aryl methyl sites for hydroxylation is 2. The Kier molecular flexibility index (Phi) is 3.98. The van der Waals surface area contributed by atoms with Crippen molar-refractivity contribution in [3.63, 3.8) is 0 Å². The Labute approximate surface area is 166 Å². The molecule has 6 heteroatoms. The largest absolute Gasteiger partial charge is 0.508 e. The Morgan fingerprint density at radius 3 is 2.61 bits per heavy atom. The van der Waals surface area contributed by atoms with Gasteiger partial charge in [-0.2, -0.15) is 0 Å². The first-order valence-corrected chi connectivity index (χ1v) is 9.82. The van der Waals surface area contributed by atoms with Crippen molar-refractivity contribution in [1.29, 1.82) is 0 Å². The number of nitrogens with zero attached hydrogens (tertiary/aromatic N) is 2. The van der Waals surface area contributed by atoms with Gasteiger partial charge in [0.05, 0.1) is 5.69 Å². The first kappa shape index (κ1) is 16.8. The third-order valence-corrected chi connectivity index (χ3v) is 6.05. The molecule has 5 nitrogen and oxygen atoms in total. The van der Waals surface area contributed by atoms with E-state index < -0.39 is 0 Å². The summed E-state index contributed by atoms with van der Waals surface area (Å²) in [6, 6.07) is 16.3. The van der Waals surface area contributed by atoms with E-state index in [4.69, 9.17) is 4.98 Å². The van der Waals surface area contributed by atoms with Crippen LogP contribution in [0.4, 0.5) is 11.6 Å². The van der Waals surface area contributed by atoms with Gasteiger partial charge in [-0.1, -0.05) is 12.1 Å². The van der Waals surface area contributed by atoms with Gasteiger partial charge < -0.3 is 15.5 Å². The Bertz CT molecular complexity index is 1170. The van der Waals surface area contributed by atoms with Crippen LogP contribution in [0.3, 0.4) is 0 Å². The van der Waals surface area contributed by atoms with Crippen molar-refractivity contribution in [2.45, 2.75) is 12.8 Å². The van der Waals surface area contributed by atoms with E-state index in [0.717, 1.165) is 45.8 Å². The van der Waals surface area contributed by atoms with E-state index >= 15 is 0 Å². The fourth-order valence-electron chi connectivity index (χ4n) is 3.42. The quantitative estimate of drug-likeness (QED) is 0.425. The number of phenols is 2. The molecule has 1 aliphatic carbocycles. The molecule has 0 aliphatic heterocycles. The van der Waals surface area contributed by atoms with E-state index in [1.807, 2.05) is 18.3 Å². The first-order valence-electron chi connectivity index (χ1n) is 9.00. The van der Waals surface area contributed by atoms with Gasteiger partial charge in [-0.15, -0.1) is 11.3 Å². The van der Waals surface area contributed by atoms with Gasteiger partial charge in [-0.3, -0.25) is 0 Å². The number of aromatic hydroxyl groups is 2. The average Bonchev–Trinajstić information content (AvgIpc) is 3.15. The second-order valence-electron chi connectivity index (χ2n) is 6.74. The summed E-state index contributed by atoms with van der Waals surface area (Å²) in [5.41, 5.74) is 5.07. The van der Waals surface area contributed by atoms with E-state index in [1.165, 1.54) is 4.88 Å². The molecular weight excluding hydrogens is 370 g/mol. The standard InChI is InChI=1S/C22H17N3O2S/c26-16-7-5-15(6-8-16)24-22-23-12-14-4-9-19-18(21(14)25-22)11-20(28-19)13-2-1-3-17(27)10-13/h1-3,5-8,10-12,26-27H,4,9H2,(H,23,24,25). The van der Waals surface area contributed by atoms with E-state index in [0.29, 0.717) is 5.95 Å². The molecule has 0 saturated carbocycles. The average molecular weight is 387 g/mol. The normalized spacial score (nSPS) is 12.3. The number of rotatable bonds is 3. The minimum Gasteiger partial charge on any atom is -0.508 e. The van der Waals surface area contributed by atoms with Gasteiger partial charge in [0, 0.05) is 27.2 Å². The topological polar surface area (TPSA) is 78.3 Å². The Hall–Kier alpha value is -3.38.